The molecule has 29 heavy (non-hydrogen) atoms. The number of fused-ring (bicyclic) bond motifs is 1. The molecule has 1 atom stereocenters. The van der Waals surface area contributed by atoms with Crippen LogP contribution in [-0.2, 0) is 22.3 Å². The lowest BCUT2D eigenvalue weighted by Crippen LogP contribution is -2.17. The van der Waals surface area contributed by atoms with Crippen LogP contribution in [0.5, 0.6) is 0 Å². The number of benzene rings is 2. The van der Waals surface area contributed by atoms with Crippen molar-refractivity contribution in [3.63, 3.8) is 0 Å². The zero-order valence-corrected chi connectivity index (χ0v) is 16.2. The van der Waals surface area contributed by atoms with Gasteiger partial charge in [-0.25, -0.2) is 9.07 Å². The molecule has 1 aliphatic heterocycles. The maximum absolute atomic E-state index is 13.3. The average Bonchev–Trinajstić information content (AvgIpc) is 3.19. The first-order chi connectivity index (χ1) is 13.8. The first-order valence-electron chi connectivity index (χ1n) is 8.30. The molecule has 0 aliphatic carbocycles. The smallest absolute Gasteiger partial charge is 0.288 e. The van der Waals surface area contributed by atoms with Gasteiger partial charge >= 0.3 is 0 Å². The minimum absolute atomic E-state index is 0.0285. The van der Waals surface area contributed by atoms with E-state index in [-0.39, 0.29) is 22.1 Å². The molecule has 0 saturated heterocycles. The van der Waals surface area contributed by atoms with E-state index in [0.29, 0.717) is 22.8 Å². The van der Waals surface area contributed by atoms with Gasteiger partial charge in [-0.05, 0) is 36.4 Å². The van der Waals surface area contributed by atoms with Gasteiger partial charge in [-0.3, -0.25) is 19.1 Å². The van der Waals surface area contributed by atoms with Crippen LogP contribution in [0.25, 0.3) is 5.69 Å². The Balaban J connectivity index is 1.74. The first kappa shape index (κ1) is 19.2. The van der Waals surface area contributed by atoms with Crippen molar-refractivity contribution < 1.29 is 18.3 Å². The minimum atomic E-state index is -1.13. The van der Waals surface area contributed by atoms with Gasteiger partial charge in [-0.2, -0.15) is 5.10 Å². The third-order valence-electron chi connectivity index (χ3n) is 4.38. The van der Waals surface area contributed by atoms with Gasteiger partial charge in [0.05, 0.1) is 27.8 Å². The highest BCUT2D eigenvalue weighted by Gasteiger charge is 2.29. The Morgan fingerprint density at radius 3 is 2.66 bits per heavy atom. The summed E-state index contributed by atoms with van der Waals surface area (Å²) in [5, 5.41) is 18.1. The van der Waals surface area contributed by atoms with Crippen molar-refractivity contribution in [2.75, 3.05) is 5.32 Å². The number of amides is 1. The number of rotatable bonds is 4. The van der Waals surface area contributed by atoms with Gasteiger partial charge in [0.2, 0.25) is 0 Å². The van der Waals surface area contributed by atoms with Crippen LogP contribution in [0.4, 0.5) is 15.9 Å². The third-order valence-corrected chi connectivity index (χ3v) is 5.90. The van der Waals surface area contributed by atoms with E-state index in [9.17, 15) is 23.5 Å². The lowest BCUT2D eigenvalue weighted by Gasteiger charge is -2.11. The molecule has 11 heteroatoms. The average molecular weight is 435 g/mol. The Hall–Kier alpha value is -3.11. The fourth-order valence-corrected chi connectivity index (χ4v) is 4.45. The molecule has 1 N–H and O–H groups in total. The van der Waals surface area contributed by atoms with Crippen LogP contribution >= 0.6 is 11.6 Å². The van der Waals surface area contributed by atoms with Crippen LogP contribution in [0.3, 0.4) is 0 Å². The number of nitro groups is 1. The van der Waals surface area contributed by atoms with E-state index in [4.69, 9.17) is 11.6 Å². The molecule has 0 fully saturated rings. The second kappa shape index (κ2) is 7.37. The number of carbonyl (C=O) groups is 1. The van der Waals surface area contributed by atoms with Gasteiger partial charge in [-0.15, -0.1) is 0 Å². The molecule has 2 heterocycles. The molecule has 148 valence electrons. The molecular formula is C18H12ClFN4O4S. The molecule has 1 aliphatic rings. The summed E-state index contributed by atoms with van der Waals surface area (Å²) in [5.74, 6) is -0.284. The van der Waals surface area contributed by atoms with Crippen molar-refractivity contribution in [1.29, 1.82) is 0 Å². The highest BCUT2D eigenvalue weighted by atomic mass is 35.5. The highest BCUT2D eigenvalue weighted by Crippen LogP contribution is 2.32. The Labute approximate surface area is 170 Å². The van der Waals surface area contributed by atoms with Gasteiger partial charge in [-0.1, -0.05) is 11.6 Å². The van der Waals surface area contributed by atoms with Gasteiger partial charge in [0.25, 0.3) is 11.6 Å². The Morgan fingerprint density at radius 1 is 1.24 bits per heavy atom. The summed E-state index contributed by atoms with van der Waals surface area (Å²) < 4.78 is 26.6. The summed E-state index contributed by atoms with van der Waals surface area (Å²) in [6.45, 7) is 0. The van der Waals surface area contributed by atoms with E-state index in [2.05, 4.69) is 10.4 Å². The standard InChI is InChI=1S/C18H12ClFN4O4S/c19-14-6-1-10(7-16(14)24(26)27)18(25)21-17-13-8-29(28)9-15(13)22-23(17)12-4-2-11(20)3-5-12/h1-7H,8-9H2,(H,21,25)/t29-/m0/s1. The molecule has 1 amide bonds. The largest absolute Gasteiger partial charge is 0.306 e. The van der Waals surface area contributed by atoms with E-state index in [1.165, 1.54) is 41.1 Å². The number of carbonyl (C=O) groups excluding carboxylic acids is 1. The van der Waals surface area contributed by atoms with E-state index in [0.717, 1.165) is 6.07 Å². The third kappa shape index (κ3) is 3.64. The Kier molecular flexibility index (Phi) is 4.89. The fourth-order valence-electron chi connectivity index (χ4n) is 3.00. The van der Waals surface area contributed by atoms with Crippen LogP contribution in [-0.4, -0.2) is 24.8 Å². The maximum atomic E-state index is 13.3. The molecule has 2 aromatic carbocycles. The number of nitrogens with zero attached hydrogens (tertiary/aromatic N) is 3. The maximum Gasteiger partial charge on any atom is 0.288 e. The van der Waals surface area contributed by atoms with Crippen LogP contribution in [0, 0.1) is 15.9 Å². The van der Waals surface area contributed by atoms with E-state index >= 15 is 0 Å². The molecule has 0 saturated carbocycles. The molecule has 3 aromatic rings. The predicted molar refractivity (Wildman–Crippen MR) is 105 cm³/mol. The lowest BCUT2D eigenvalue weighted by molar-refractivity contribution is -0.384. The molecule has 0 unspecified atom stereocenters. The van der Waals surface area contributed by atoms with Crippen molar-refractivity contribution in [1.82, 2.24) is 9.78 Å². The SMILES string of the molecule is O=C(Nc1c2c(nn1-c1ccc(F)cc1)C[S@@](=O)C2)c1ccc(Cl)c([N+](=O)[O-])c1. The summed E-state index contributed by atoms with van der Waals surface area (Å²) in [7, 11) is -1.13. The van der Waals surface area contributed by atoms with Crippen molar-refractivity contribution in [2.45, 2.75) is 11.5 Å². The topological polar surface area (TPSA) is 107 Å². The second-order valence-corrected chi connectivity index (χ2v) is 8.13. The lowest BCUT2D eigenvalue weighted by atomic mass is 10.2. The number of hydrogen-bond acceptors (Lipinski definition) is 5. The molecule has 0 radical (unpaired) electrons. The predicted octanol–water partition coefficient (Wildman–Crippen LogP) is 3.59. The number of hydrogen-bond donors (Lipinski definition) is 1. The van der Waals surface area contributed by atoms with Crippen LogP contribution < -0.4 is 5.32 Å². The second-order valence-electron chi connectivity index (χ2n) is 6.27. The number of aromatic nitrogens is 2. The van der Waals surface area contributed by atoms with Gasteiger partial charge in [0, 0.05) is 28.0 Å². The minimum Gasteiger partial charge on any atom is -0.306 e. The van der Waals surface area contributed by atoms with Gasteiger partial charge < -0.3 is 5.32 Å². The summed E-state index contributed by atoms with van der Waals surface area (Å²) in [5.41, 5.74) is 1.33. The zero-order valence-electron chi connectivity index (χ0n) is 14.6. The van der Waals surface area contributed by atoms with Crippen LogP contribution in [0.15, 0.2) is 42.5 Å². The van der Waals surface area contributed by atoms with Crippen LogP contribution in [0.1, 0.15) is 21.6 Å². The molecular weight excluding hydrogens is 423 g/mol. The summed E-state index contributed by atoms with van der Waals surface area (Å²) >= 11 is 5.80. The van der Waals surface area contributed by atoms with Crippen molar-refractivity contribution in [2.24, 2.45) is 0 Å². The molecule has 0 spiro atoms. The van der Waals surface area contributed by atoms with E-state index < -0.39 is 33.1 Å². The molecule has 8 nitrogen and oxygen atoms in total. The summed E-state index contributed by atoms with van der Waals surface area (Å²) in [6, 6.07) is 9.22. The molecule has 0 bridgehead atoms. The Bertz CT molecular complexity index is 1180. The van der Waals surface area contributed by atoms with E-state index in [1.807, 2.05) is 0 Å². The number of halogens is 2. The van der Waals surface area contributed by atoms with Gasteiger partial charge in [0.15, 0.2) is 0 Å². The van der Waals surface area contributed by atoms with Crippen molar-refractivity contribution in [3.8, 4) is 5.69 Å². The van der Waals surface area contributed by atoms with Crippen molar-refractivity contribution >= 4 is 39.8 Å². The van der Waals surface area contributed by atoms with Crippen molar-refractivity contribution in [3.05, 3.63) is 80.2 Å². The summed E-state index contributed by atoms with van der Waals surface area (Å²) in [6.07, 6.45) is 0. The number of anilines is 1. The fraction of sp³-hybridized carbons (Fsp3) is 0.111. The summed E-state index contributed by atoms with van der Waals surface area (Å²) in [4.78, 5) is 23.2. The molecule has 1 aromatic heterocycles. The number of nitrogens with one attached hydrogen (secondary N) is 1. The van der Waals surface area contributed by atoms with E-state index in [1.54, 1.807) is 0 Å². The first-order valence-corrected chi connectivity index (χ1v) is 10.2. The normalized spacial score (nSPS) is 15.2. The molecule has 4 rings (SSSR count). The van der Waals surface area contributed by atoms with Gasteiger partial charge in [0.1, 0.15) is 16.7 Å². The van der Waals surface area contributed by atoms with Crippen LogP contribution in [0.2, 0.25) is 5.02 Å². The Morgan fingerprint density at radius 2 is 1.97 bits per heavy atom. The monoisotopic (exact) mass is 434 g/mol. The number of nitro benzene ring substituents is 1. The zero-order chi connectivity index (χ0) is 20.7. The quantitative estimate of drug-likeness (QED) is 0.498. The highest BCUT2D eigenvalue weighted by molar-refractivity contribution is 7.83.